The predicted octanol–water partition coefficient (Wildman–Crippen LogP) is 2.70. The maximum Gasteiger partial charge on any atom is 0.293 e. The van der Waals surface area contributed by atoms with Crippen LogP contribution in [0.15, 0.2) is 48.5 Å². The predicted molar refractivity (Wildman–Crippen MR) is 104 cm³/mol. The molecule has 2 aromatic carbocycles. The lowest BCUT2D eigenvalue weighted by Gasteiger charge is -2.17. The highest BCUT2D eigenvalue weighted by atomic mass is 16.6. The summed E-state index contributed by atoms with van der Waals surface area (Å²) in [4.78, 5) is 37.5. The third-order valence-corrected chi connectivity index (χ3v) is 4.97. The molecule has 1 heterocycles. The van der Waals surface area contributed by atoms with Crippen molar-refractivity contribution in [1.82, 2.24) is 5.32 Å². The number of nitro groups is 1. The topological polar surface area (TPSA) is 105 Å². The molecule has 1 atom stereocenters. The van der Waals surface area contributed by atoms with E-state index in [1.807, 2.05) is 30.3 Å². The lowest BCUT2D eigenvalue weighted by atomic mass is 10.1. The van der Waals surface area contributed by atoms with Gasteiger partial charge in [-0.3, -0.25) is 19.7 Å². The van der Waals surface area contributed by atoms with Crippen molar-refractivity contribution in [3.63, 3.8) is 0 Å². The van der Waals surface area contributed by atoms with Crippen molar-refractivity contribution in [2.75, 3.05) is 16.8 Å². The van der Waals surface area contributed by atoms with Crippen LogP contribution in [0.2, 0.25) is 0 Å². The van der Waals surface area contributed by atoms with Crippen LogP contribution in [0.4, 0.5) is 17.1 Å². The Kier molecular flexibility index (Phi) is 4.68. The van der Waals surface area contributed by atoms with Crippen molar-refractivity contribution >= 4 is 28.9 Å². The molecule has 1 aliphatic carbocycles. The number of amides is 2. The van der Waals surface area contributed by atoms with Crippen LogP contribution < -0.4 is 15.5 Å². The Morgan fingerprint density at radius 2 is 1.86 bits per heavy atom. The van der Waals surface area contributed by atoms with Crippen molar-refractivity contribution in [3.05, 3.63) is 64.2 Å². The molecule has 8 nitrogen and oxygen atoms in total. The van der Waals surface area contributed by atoms with Gasteiger partial charge >= 0.3 is 0 Å². The molecular formula is C20H20N4O4. The lowest BCUT2D eigenvalue weighted by Crippen LogP contribution is -2.33. The minimum Gasteiger partial charge on any atom is -0.368 e. The monoisotopic (exact) mass is 380 g/mol. The van der Waals surface area contributed by atoms with Crippen LogP contribution in [-0.4, -0.2) is 35.4 Å². The normalized spacial score (nSPS) is 18.8. The second-order valence-corrected chi connectivity index (χ2v) is 7.05. The van der Waals surface area contributed by atoms with Crippen LogP contribution >= 0.6 is 0 Å². The zero-order chi connectivity index (χ0) is 19.7. The molecule has 2 aliphatic rings. The number of carbonyl (C=O) groups excluding carboxylic acids is 2. The van der Waals surface area contributed by atoms with E-state index < -0.39 is 11.0 Å². The second kappa shape index (κ2) is 7.30. The number of carbonyl (C=O) groups is 2. The first kappa shape index (κ1) is 18.0. The van der Waals surface area contributed by atoms with Gasteiger partial charge in [0.1, 0.15) is 11.7 Å². The number of benzene rings is 2. The van der Waals surface area contributed by atoms with Crippen LogP contribution in [0.1, 0.15) is 29.6 Å². The summed E-state index contributed by atoms with van der Waals surface area (Å²) in [5, 5.41) is 17.3. The van der Waals surface area contributed by atoms with Gasteiger partial charge in [0.05, 0.1) is 4.92 Å². The summed E-state index contributed by atoms with van der Waals surface area (Å²) < 4.78 is 0. The van der Waals surface area contributed by atoms with Crippen molar-refractivity contribution in [3.8, 4) is 0 Å². The first-order valence-corrected chi connectivity index (χ1v) is 9.25. The summed E-state index contributed by atoms with van der Waals surface area (Å²) in [6.45, 7) is 0.538. The largest absolute Gasteiger partial charge is 0.368 e. The Hall–Kier alpha value is -3.42. The number of para-hydroxylation sites is 1. The van der Waals surface area contributed by atoms with Gasteiger partial charge in [0.25, 0.3) is 11.6 Å². The van der Waals surface area contributed by atoms with Gasteiger partial charge in [-0.05, 0) is 43.5 Å². The van der Waals surface area contributed by atoms with Gasteiger partial charge in [-0.15, -0.1) is 0 Å². The molecule has 144 valence electrons. The third-order valence-electron chi connectivity index (χ3n) is 4.97. The highest BCUT2D eigenvalue weighted by molar-refractivity contribution is 6.01. The SMILES string of the molecule is O=C(NC1CC1)c1ccc(NC2CCN(c3ccccc3)C2=O)c([N+](=O)[O-])c1. The second-order valence-electron chi connectivity index (χ2n) is 7.05. The molecule has 0 radical (unpaired) electrons. The lowest BCUT2D eigenvalue weighted by molar-refractivity contribution is -0.384. The van der Waals surface area contributed by atoms with Crippen molar-refractivity contribution < 1.29 is 14.5 Å². The maximum atomic E-state index is 12.7. The average molecular weight is 380 g/mol. The summed E-state index contributed by atoms with van der Waals surface area (Å²) in [5.41, 5.74) is 1.07. The number of rotatable bonds is 6. The quantitative estimate of drug-likeness (QED) is 0.592. The summed E-state index contributed by atoms with van der Waals surface area (Å²) in [5.74, 6) is -0.444. The van der Waals surface area contributed by atoms with Gasteiger partial charge in [-0.25, -0.2) is 0 Å². The number of nitrogens with zero attached hydrogens (tertiary/aromatic N) is 2. The van der Waals surface area contributed by atoms with Crippen molar-refractivity contribution in [2.45, 2.75) is 31.3 Å². The van der Waals surface area contributed by atoms with Gasteiger partial charge in [0.15, 0.2) is 0 Å². The van der Waals surface area contributed by atoms with E-state index >= 15 is 0 Å². The van der Waals surface area contributed by atoms with Crippen molar-refractivity contribution in [1.29, 1.82) is 0 Å². The van der Waals surface area contributed by atoms with E-state index in [4.69, 9.17) is 0 Å². The van der Waals surface area contributed by atoms with E-state index in [0.717, 1.165) is 18.5 Å². The molecule has 0 spiro atoms. The maximum absolute atomic E-state index is 12.7. The molecule has 2 amide bonds. The molecule has 0 aromatic heterocycles. The summed E-state index contributed by atoms with van der Waals surface area (Å²) in [7, 11) is 0. The number of hydrogen-bond donors (Lipinski definition) is 2. The molecule has 1 unspecified atom stereocenters. The highest BCUT2D eigenvalue weighted by Gasteiger charge is 2.34. The van der Waals surface area contributed by atoms with Gasteiger partial charge in [0.2, 0.25) is 5.91 Å². The molecule has 4 rings (SSSR count). The van der Waals surface area contributed by atoms with E-state index in [-0.39, 0.29) is 34.8 Å². The molecule has 1 saturated heterocycles. The zero-order valence-corrected chi connectivity index (χ0v) is 15.1. The smallest absolute Gasteiger partial charge is 0.293 e. The summed E-state index contributed by atoms with van der Waals surface area (Å²) in [6.07, 6.45) is 2.42. The number of anilines is 2. The van der Waals surface area contributed by atoms with E-state index in [9.17, 15) is 19.7 Å². The minimum absolute atomic E-state index is 0.129. The molecule has 28 heavy (non-hydrogen) atoms. The molecule has 0 bridgehead atoms. The Morgan fingerprint density at radius 3 is 2.54 bits per heavy atom. The molecule has 1 aliphatic heterocycles. The standard InChI is InChI=1S/C20H20N4O4/c25-19(21-14-7-8-14)13-6-9-16(18(12-13)24(27)28)22-17-10-11-23(20(17)26)15-4-2-1-3-5-15/h1-6,9,12,14,17,22H,7-8,10-11H2,(H,21,25). The van der Waals surface area contributed by atoms with Gasteiger partial charge in [0, 0.05) is 29.9 Å². The average Bonchev–Trinajstić information content (AvgIpc) is 3.44. The number of nitro benzene ring substituents is 1. The molecule has 8 heteroatoms. The Labute approximate surface area is 161 Å². The van der Waals surface area contributed by atoms with E-state index in [2.05, 4.69) is 10.6 Å². The zero-order valence-electron chi connectivity index (χ0n) is 15.1. The summed E-state index contributed by atoms with van der Waals surface area (Å²) in [6, 6.07) is 13.2. The van der Waals surface area contributed by atoms with E-state index in [0.29, 0.717) is 13.0 Å². The molecule has 1 saturated carbocycles. The highest BCUT2D eigenvalue weighted by Crippen LogP contribution is 2.30. The molecule has 2 N–H and O–H groups in total. The fraction of sp³-hybridized carbons (Fsp3) is 0.300. The number of hydrogen-bond acceptors (Lipinski definition) is 5. The Morgan fingerprint density at radius 1 is 1.11 bits per heavy atom. The Balaban J connectivity index is 1.51. The fourth-order valence-electron chi connectivity index (χ4n) is 3.31. The van der Waals surface area contributed by atoms with Crippen LogP contribution in [-0.2, 0) is 4.79 Å². The third kappa shape index (κ3) is 3.66. The minimum atomic E-state index is -0.551. The van der Waals surface area contributed by atoms with Gasteiger partial charge in [-0.1, -0.05) is 18.2 Å². The van der Waals surface area contributed by atoms with Crippen LogP contribution in [0.25, 0.3) is 0 Å². The van der Waals surface area contributed by atoms with Crippen LogP contribution in [0, 0.1) is 10.1 Å². The number of nitrogens with one attached hydrogen (secondary N) is 2. The first-order chi connectivity index (χ1) is 13.5. The van der Waals surface area contributed by atoms with Crippen LogP contribution in [0.3, 0.4) is 0 Å². The van der Waals surface area contributed by atoms with Gasteiger partial charge in [-0.2, -0.15) is 0 Å². The van der Waals surface area contributed by atoms with E-state index in [1.54, 1.807) is 11.0 Å². The van der Waals surface area contributed by atoms with E-state index in [1.165, 1.54) is 12.1 Å². The summed E-state index contributed by atoms with van der Waals surface area (Å²) >= 11 is 0. The Bertz CT molecular complexity index is 927. The molecular weight excluding hydrogens is 360 g/mol. The molecule has 2 fully saturated rings. The first-order valence-electron chi connectivity index (χ1n) is 9.25. The van der Waals surface area contributed by atoms with Gasteiger partial charge < -0.3 is 15.5 Å². The van der Waals surface area contributed by atoms with Crippen LogP contribution in [0.5, 0.6) is 0 Å². The van der Waals surface area contributed by atoms with Crippen molar-refractivity contribution in [2.24, 2.45) is 0 Å². The fourth-order valence-corrected chi connectivity index (χ4v) is 3.31. The molecule has 2 aromatic rings.